The summed E-state index contributed by atoms with van der Waals surface area (Å²) >= 11 is 0. The summed E-state index contributed by atoms with van der Waals surface area (Å²) in [4.78, 5) is 42.7. The molecule has 0 aromatic heterocycles. The van der Waals surface area contributed by atoms with Gasteiger partial charge in [0, 0.05) is 24.0 Å². The molecule has 0 bridgehead atoms. The standard InChI is InChI=1S/C27H29N3O3/c1-3-22(26(32)28-4-2)29(17-16-19-10-6-5-7-11-19)24(31)18-30-23-15-9-13-20-12-8-14-21(25(20)23)27(30)33/h5-15,22H,3-4,16-18H2,1-2H3,(H,28,32)/t22-/m1/s1. The number of anilines is 1. The fourth-order valence-corrected chi connectivity index (χ4v) is 4.55. The first-order chi connectivity index (χ1) is 16.0. The number of nitrogens with zero attached hydrogens (tertiary/aromatic N) is 2. The molecule has 0 saturated carbocycles. The molecule has 6 nitrogen and oxygen atoms in total. The van der Waals surface area contributed by atoms with Crippen LogP contribution >= 0.6 is 0 Å². The molecular formula is C27H29N3O3. The Labute approximate surface area is 194 Å². The van der Waals surface area contributed by atoms with E-state index in [9.17, 15) is 14.4 Å². The highest BCUT2D eigenvalue weighted by Gasteiger charge is 2.34. The van der Waals surface area contributed by atoms with E-state index in [1.54, 1.807) is 15.9 Å². The second-order valence-electron chi connectivity index (χ2n) is 8.21. The van der Waals surface area contributed by atoms with Crippen LogP contribution in [0.1, 0.15) is 36.2 Å². The molecule has 6 heteroatoms. The van der Waals surface area contributed by atoms with Gasteiger partial charge in [0.25, 0.3) is 5.91 Å². The van der Waals surface area contributed by atoms with Crippen LogP contribution in [0, 0.1) is 0 Å². The predicted octanol–water partition coefficient (Wildman–Crippen LogP) is 3.79. The number of amides is 3. The zero-order chi connectivity index (χ0) is 23.4. The second-order valence-corrected chi connectivity index (χ2v) is 8.21. The molecule has 1 N–H and O–H groups in total. The van der Waals surface area contributed by atoms with E-state index in [2.05, 4.69) is 5.32 Å². The summed E-state index contributed by atoms with van der Waals surface area (Å²) in [6.07, 6.45) is 1.13. The lowest BCUT2D eigenvalue weighted by molar-refractivity contribution is -0.139. The largest absolute Gasteiger partial charge is 0.355 e. The molecule has 0 fully saturated rings. The van der Waals surface area contributed by atoms with Crippen LogP contribution in [0.5, 0.6) is 0 Å². The van der Waals surface area contributed by atoms with Gasteiger partial charge in [-0.3, -0.25) is 19.3 Å². The van der Waals surface area contributed by atoms with Crippen LogP contribution in [0.3, 0.4) is 0 Å². The number of rotatable bonds is 9. The van der Waals surface area contributed by atoms with Crippen LogP contribution < -0.4 is 10.2 Å². The number of carbonyl (C=O) groups is 3. The first kappa shape index (κ1) is 22.5. The highest BCUT2D eigenvalue weighted by molar-refractivity contribution is 6.26. The van der Waals surface area contributed by atoms with Gasteiger partial charge in [-0.2, -0.15) is 0 Å². The monoisotopic (exact) mass is 443 g/mol. The van der Waals surface area contributed by atoms with Crippen molar-refractivity contribution < 1.29 is 14.4 Å². The third-order valence-electron chi connectivity index (χ3n) is 6.16. The SMILES string of the molecule is CCNC(=O)[C@@H](CC)N(CCc1ccccc1)C(=O)CN1C(=O)c2cccc3cccc1c23. The molecule has 3 aromatic carbocycles. The van der Waals surface area contributed by atoms with Gasteiger partial charge in [0.15, 0.2) is 0 Å². The van der Waals surface area contributed by atoms with Gasteiger partial charge in [-0.05, 0) is 42.8 Å². The Hall–Kier alpha value is -3.67. The van der Waals surface area contributed by atoms with Crippen LogP contribution in [0.25, 0.3) is 10.8 Å². The molecule has 3 amide bonds. The fourth-order valence-electron chi connectivity index (χ4n) is 4.55. The maximum Gasteiger partial charge on any atom is 0.259 e. The van der Waals surface area contributed by atoms with E-state index in [0.717, 1.165) is 22.0 Å². The molecule has 170 valence electrons. The maximum atomic E-state index is 13.6. The third-order valence-corrected chi connectivity index (χ3v) is 6.16. The molecule has 1 heterocycles. The number of carbonyl (C=O) groups excluding carboxylic acids is 3. The molecule has 1 atom stereocenters. The molecule has 0 aliphatic carbocycles. The molecule has 1 aliphatic rings. The number of hydrogen-bond donors (Lipinski definition) is 1. The molecule has 0 spiro atoms. The van der Waals surface area contributed by atoms with E-state index in [0.29, 0.717) is 31.5 Å². The lowest BCUT2D eigenvalue weighted by atomic mass is 10.1. The lowest BCUT2D eigenvalue weighted by Gasteiger charge is -2.32. The molecule has 1 aliphatic heterocycles. The minimum atomic E-state index is -0.586. The number of likely N-dealkylation sites (N-methyl/N-ethyl adjacent to an activating group) is 1. The predicted molar refractivity (Wildman–Crippen MR) is 130 cm³/mol. The van der Waals surface area contributed by atoms with Crippen molar-refractivity contribution in [2.45, 2.75) is 32.7 Å². The Balaban J connectivity index is 1.60. The maximum absolute atomic E-state index is 13.6. The lowest BCUT2D eigenvalue weighted by Crippen LogP contribution is -2.53. The minimum Gasteiger partial charge on any atom is -0.355 e. The van der Waals surface area contributed by atoms with Gasteiger partial charge in [-0.15, -0.1) is 0 Å². The van der Waals surface area contributed by atoms with Crippen LogP contribution in [-0.2, 0) is 16.0 Å². The van der Waals surface area contributed by atoms with Gasteiger partial charge in [-0.25, -0.2) is 0 Å². The average Bonchev–Trinajstić information content (AvgIpc) is 3.10. The van der Waals surface area contributed by atoms with Crippen LogP contribution in [0.2, 0.25) is 0 Å². The Bertz CT molecular complexity index is 1170. The topological polar surface area (TPSA) is 69.7 Å². The molecule has 0 unspecified atom stereocenters. The summed E-state index contributed by atoms with van der Waals surface area (Å²) in [7, 11) is 0. The third kappa shape index (κ3) is 4.46. The van der Waals surface area contributed by atoms with Crippen LogP contribution in [0.4, 0.5) is 5.69 Å². The smallest absolute Gasteiger partial charge is 0.259 e. The van der Waals surface area contributed by atoms with Crippen molar-refractivity contribution in [3.05, 3.63) is 77.9 Å². The molecule has 4 rings (SSSR count). The van der Waals surface area contributed by atoms with Crippen LogP contribution in [0.15, 0.2) is 66.7 Å². The van der Waals surface area contributed by atoms with Gasteiger partial charge in [0.1, 0.15) is 12.6 Å². The summed E-state index contributed by atoms with van der Waals surface area (Å²) in [5.41, 5.74) is 2.45. The van der Waals surface area contributed by atoms with Gasteiger partial charge in [0.2, 0.25) is 11.8 Å². The Morgan fingerprint density at radius 3 is 2.39 bits per heavy atom. The first-order valence-corrected chi connectivity index (χ1v) is 11.5. The summed E-state index contributed by atoms with van der Waals surface area (Å²) in [5.74, 6) is -0.578. The van der Waals surface area contributed by atoms with E-state index in [4.69, 9.17) is 0 Å². The molecule has 0 radical (unpaired) electrons. The van der Waals surface area contributed by atoms with Gasteiger partial charge < -0.3 is 10.2 Å². The van der Waals surface area contributed by atoms with E-state index in [1.807, 2.05) is 74.5 Å². The highest BCUT2D eigenvalue weighted by atomic mass is 16.2. The summed E-state index contributed by atoms with van der Waals surface area (Å²) < 4.78 is 0. The Morgan fingerprint density at radius 1 is 0.970 bits per heavy atom. The van der Waals surface area contributed by atoms with Gasteiger partial charge in [-0.1, -0.05) is 61.5 Å². The fraction of sp³-hybridized carbons (Fsp3) is 0.296. The summed E-state index contributed by atoms with van der Waals surface area (Å²) in [6.45, 7) is 4.56. The Kier molecular flexibility index (Phi) is 6.73. The molecule has 0 saturated heterocycles. The zero-order valence-corrected chi connectivity index (χ0v) is 19.1. The van der Waals surface area contributed by atoms with E-state index >= 15 is 0 Å². The van der Waals surface area contributed by atoms with Crippen molar-refractivity contribution >= 4 is 34.2 Å². The Morgan fingerprint density at radius 2 is 1.70 bits per heavy atom. The first-order valence-electron chi connectivity index (χ1n) is 11.5. The van der Waals surface area contributed by atoms with Crippen molar-refractivity contribution in [2.24, 2.45) is 0 Å². The van der Waals surface area contributed by atoms with Crippen molar-refractivity contribution in [1.82, 2.24) is 10.2 Å². The van der Waals surface area contributed by atoms with Crippen molar-refractivity contribution in [2.75, 3.05) is 24.5 Å². The molecular weight excluding hydrogens is 414 g/mol. The summed E-state index contributed by atoms with van der Waals surface area (Å²) in [6, 6.07) is 20.7. The highest BCUT2D eigenvalue weighted by Crippen LogP contribution is 2.37. The number of benzene rings is 3. The van der Waals surface area contributed by atoms with Crippen LogP contribution in [-0.4, -0.2) is 48.3 Å². The van der Waals surface area contributed by atoms with Gasteiger partial charge in [0.05, 0.1) is 5.69 Å². The molecule has 33 heavy (non-hydrogen) atoms. The van der Waals surface area contributed by atoms with Crippen molar-refractivity contribution in [3.8, 4) is 0 Å². The van der Waals surface area contributed by atoms with E-state index in [-0.39, 0.29) is 24.3 Å². The van der Waals surface area contributed by atoms with Crippen molar-refractivity contribution in [1.29, 1.82) is 0 Å². The van der Waals surface area contributed by atoms with E-state index < -0.39 is 6.04 Å². The van der Waals surface area contributed by atoms with Crippen molar-refractivity contribution in [3.63, 3.8) is 0 Å². The normalized spacial score (nSPS) is 13.3. The second kappa shape index (κ2) is 9.86. The number of hydrogen-bond acceptors (Lipinski definition) is 3. The minimum absolute atomic E-state index is 0.0999. The zero-order valence-electron chi connectivity index (χ0n) is 19.1. The molecule has 3 aromatic rings. The quantitative estimate of drug-likeness (QED) is 0.547. The summed E-state index contributed by atoms with van der Waals surface area (Å²) in [5, 5.41) is 4.70. The van der Waals surface area contributed by atoms with Gasteiger partial charge >= 0.3 is 0 Å². The average molecular weight is 444 g/mol. The van der Waals surface area contributed by atoms with E-state index in [1.165, 1.54) is 0 Å². The number of nitrogens with one attached hydrogen (secondary N) is 1.